The number of hydrogen-bond donors (Lipinski definition) is 0. The van der Waals surface area contributed by atoms with Crippen molar-refractivity contribution in [3.63, 3.8) is 0 Å². The number of hydrogen-bond acceptors (Lipinski definition) is 0. The molecule has 0 saturated heterocycles. The quantitative estimate of drug-likeness (QED) is 0.628. The molecule has 0 atom stereocenters. The summed E-state index contributed by atoms with van der Waals surface area (Å²) in [5.41, 5.74) is 5.07. The van der Waals surface area contributed by atoms with E-state index in [-0.39, 0.29) is 0 Å². The summed E-state index contributed by atoms with van der Waals surface area (Å²) in [4.78, 5) is 0. The summed E-state index contributed by atoms with van der Waals surface area (Å²) in [5.74, 6) is 0. The molecule has 0 aliphatic heterocycles. The highest BCUT2D eigenvalue weighted by molar-refractivity contribution is 5.87. The number of aryl methyl sites for hydroxylation is 1. The Bertz CT molecular complexity index is 615. The molecule has 0 nitrogen and oxygen atoms in total. The molecule has 0 bridgehead atoms. The van der Waals surface area contributed by atoms with Crippen molar-refractivity contribution in [2.24, 2.45) is 5.41 Å². The summed E-state index contributed by atoms with van der Waals surface area (Å²) in [6, 6.07) is 11.3. The molecule has 20 heavy (non-hydrogen) atoms. The topological polar surface area (TPSA) is 0 Å². The summed E-state index contributed by atoms with van der Waals surface area (Å²) >= 11 is 0. The maximum Gasteiger partial charge on any atom is -0.0149 e. The van der Waals surface area contributed by atoms with Crippen LogP contribution in [0.2, 0.25) is 0 Å². The van der Waals surface area contributed by atoms with Crippen molar-refractivity contribution < 1.29 is 0 Å². The maximum absolute atomic E-state index is 2.50. The van der Waals surface area contributed by atoms with Crippen LogP contribution in [0.1, 0.15) is 55.7 Å². The first kappa shape index (κ1) is 13.7. The van der Waals surface area contributed by atoms with Gasteiger partial charge in [0.25, 0.3) is 0 Å². The lowest BCUT2D eigenvalue weighted by Gasteiger charge is -2.34. The molecule has 3 rings (SSSR count). The smallest absolute Gasteiger partial charge is 0.0149 e. The van der Waals surface area contributed by atoms with Crippen LogP contribution in [0, 0.1) is 19.3 Å². The minimum absolute atomic E-state index is 0.513. The van der Waals surface area contributed by atoms with E-state index in [0.717, 1.165) is 0 Å². The van der Waals surface area contributed by atoms with Gasteiger partial charge >= 0.3 is 0 Å². The summed E-state index contributed by atoms with van der Waals surface area (Å²) in [5, 5.41) is 2.88. The SMILES string of the molecule is Cc1cc2ccccc2c(CC2(C)CCCCC2)c1C. The van der Waals surface area contributed by atoms with Gasteiger partial charge in [0.2, 0.25) is 0 Å². The average Bonchev–Trinajstić information content (AvgIpc) is 2.44. The molecule has 0 unspecified atom stereocenters. The molecule has 2 aromatic rings. The van der Waals surface area contributed by atoms with Crippen LogP contribution in [0.5, 0.6) is 0 Å². The van der Waals surface area contributed by atoms with Gasteiger partial charge in [0.1, 0.15) is 0 Å². The van der Waals surface area contributed by atoms with E-state index in [1.807, 2.05) is 0 Å². The Morgan fingerprint density at radius 1 is 1.00 bits per heavy atom. The average molecular weight is 266 g/mol. The third-order valence-electron chi connectivity index (χ3n) is 5.37. The fraction of sp³-hybridized carbons (Fsp3) is 0.500. The Hall–Kier alpha value is -1.30. The van der Waals surface area contributed by atoms with Crippen LogP contribution in [0.15, 0.2) is 30.3 Å². The predicted molar refractivity (Wildman–Crippen MR) is 88.3 cm³/mol. The Balaban J connectivity index is 2.07. The molecule has 0 heterocycles. The van der Waals surface area contributed by atoms with Gasteiger partial charge < -0.3 is 0 Å². The van der Waals surface area contributed by atoms with Crippen molar-refractivity contribution >= 4 is 10.8 Å². The molecule has 0 N–H and O–H groups in total. The fourth-order valence-electron chi connectivity index (χ4n) is 3.92. The molecule has 106 valence electrons. The highest BCUT2D eigenvalue weighted by Gasteiger charge is 2.28. The van der Waals surface area contributed by atoms with Crippen molar-refractivity contribution in [2.45, 2.75) is 59.3 Å². The molecule has 2 aromatic carbocycles. The van der Waals surface area contributed by atoms with E-state index in [9.17, 15) is 0 Å². The van der Waals surface area contributed by atoms with E-state index in [1.165, 1.54) is 60.4 Å². The molecule has 1 saturated carbocycles. The zero-order valence-corrected chi connectivity index (χ0v) is 13.1. The molecule has 0 amide bonds. The van der Waals surface area contributed by atoms with Gasteiger partial charge in [-0.15, -0.1) is 0 Å². The zero-order valence-electron chi connectivity index (χ0n) is 13.1. The first-order valence-electron chi connectivity index (χ1n) is 8.07. The van der Waals surface area contributed by atoms with Crippen LogP contribution in [-0.4, -0.2) is 0 Å². The monoisotopic (exact) mass is 266 g/mol. The van der Waals surface area contributed by atoms with E-state index in [0.29, 0.717) is 5.41 Å². The first-order valence-corrected chi connectivity index (χ1v) is 8.07. The third-order valence-corrected chi connectivity index (χ3v) is 5.37. The third kappa shape index (κ3) is 2.49. The van der Waals surface area contributed by atoms with Crippen molar-refractivity contribution in [1.82, 2.24) is 0 Å². The Labute approximate surface area is 123 Å². The van der Waals surface area contributed by atoms with Gasteiger partial charge in [-0.05, 0) is 66.0 Å². The van der Waals surface area contributed by atoms with Crippen LogP contribution in [0.25, 0.3) is 10.8 Å². The van der Waals surface area contributed by atoms with Gasteiger partial charge in [0.05, 0.1) is 0 Å². The lowest BCUT2D eigenvalue weighted by Crippen LogP contribution is -2.23. The normalized spacial score (nSPS) is 18.4. The van der Waals surface area contributed by atoms with Gasteiger partial charge in [-0.2, -0.15) is 0 Å². The molecule has 0 aromatic heterocycles. The van der Waals surface area contributed by atoms with Crippen LogP contribution in [0.3, 0.4) is 0 Å². The van der Waals surface area contributed by atoms with Crippen molar-refractivity contribution in [2.75, 3.05) is 0 Å². The van der Waals surface area contributed by atoms with Crippen molar-refractivity contribution in [3.8, 4) is 0 Å². The minimum Gasteiger partial charge on any atom is -0.0616 e. The molecule has 1 aliphatic carbocycles. The Morgan fingerprint density at radius 2 is 1.70 bits per heavy atom. The maximum atomic E-state index is 2.50. The van der Waals surface area contributed by atoms with E-state index in [2.05, 4.69) is 51.1 Å². The van der Waals surface area contributed by atoms with Crippen LogP contribution >= 0.6 is 0 Å². The largest absolute Gasteiger partial charge is 0.0616 e. The first-order chi connectivity index (χ1) is 9.59. The highest BCUT2D eigenvalue weighted by Crippen LogP contribution is 2.41. The number of benzene rings is 2. The molecule has 1 fully saturated rings. The molecular formula is C20H26. The fourth-order valence-corrected chi connectivity index (χ4v) is 3.92. The molecule has 0 radical (unpaired) electrons. The second kappa shape index (κ2) is 5.24. The number of rotatable bonds is 2. The lowest BCUT2D eigenvalue weighted by molar-refractivity contribution is 0.215. The molecular weight excluding hydrogens is 240 g/mol. The zero-order chi connectivity index (χ0) is 14.2. The Kier molecular flexibility index (Phi) is 3.58. The van der Waals surface area contributed by atoms with Gasteiger partial charge in [0.15, 0.2) is 0 Å². The van der Waals surface area contributed by atoms with Crippen LogP contribution < -0.4 is 0 Å². The van der Waals surface area contributed by atoms with E-state index in [4.69, 9.17) is 0 Å². The van der Waals surface area contributed by atoms with E-state index in [1.54, 1.807) is 5.56 Å². The van der Waals surface area contributed by atoms with Gasteiger partial charge in [-0.3, -0.25) is 0 Å². The lowest BCUT2D eigenvalue weighted by atomic mass is 9.70. The molecule has 0 heteroatoms. The van der Waals surface area contributed by atoms with E-state index < -0.39 is 0 Å². The van der Waals surface area contributed by atoms with Crippen molar-refractivity contribution in [3.05, 3.63) is 47.0 Å². The summed E-state index contributed by atoms with van der Waals surface area (Å²) in [6.07, 6.45) is 8.31. The van der Waals surface area contributed by atoms with Gasteiger partial charge in [-0.25, -0.2) is 0 Å². The molecule has 0 spiro atoms. The van der Waals surface area contributed by atoms with Gasteiger partial charge in [-0.1, -0.05) is 56.5 Å². The van der Waals surface area contributed by atoms with Gasteiger partial charge in [0, 0.05) is 0 Å². The van der Waals surface area contributed by atoms with E-state index >= 15 is 0 Å². The molecule has 1 aliphatic rings. The minimum atomic E-state index is 0.513. The second-order valence-corrected chi connectivity index (χ2v) is 7.07. The van der Waals surface area contributed by atoms with Crippen LogP contribution in [-0.2, 0) is 6.42 Å². The van der Waals surface area contributed by atoms with Crippen molar-refractivity contribution in [1.29, 1.82) is 0 Å². The highest BCUT2D eigenvalue weighted by atomic mass is 14.3. The predicted octanol–water partition coefficient (Wildman–Crippen LogP) is 5.97. The summed E-state index contributed by atoms with van der Waals surface area (Å²) in [6.45, 7) is 7.07. The number of fused-ring (bicyclic) bond motifs is 1. The standard InChI is InChI=1S/C20H26/c1-15-13-17-9-5-6-10-18(17)19(16(15)2)14-20(3)11-7-4-8-12-20/h5-6,9-10,13H,4,7-8,11-12,14H2,1-3H3. The second-order valence-electron chi connectivity index (χ2n) is 7.07. The summed E-state index contributed by atoms with van der Waals surface area (Å²) < 4.78 is 0. The Morgan fingerprint density at radius 3 is 2.45 bits per heavy atom. The summed E-state index contributed by atoms with van der Waals surface area (Å²) in [7, 11) is 0. The van der Waals surface area contributed by atoms with Crippen LogP contribution in [0.4, 0.5) is 0 Å².